The molecule has 0 unspecified atom stereocenters. The van der Waals surface area contributed by atoms with Crippen LogP contribution in [0.2, 0.25) is 0 Å². The maximum absolute atomic E-state index is 11.6. The number of esters is 1. The molecule has 0 aliphatic heterocycles. The van der Waals surface area contributed by atoms with Gasteiger partial charge in [0, 0.05) is 30.3 Å². The zero-order valence-electron chi connectivity index (χ0n) is 15.1. The molecule has 27 heavy (non-hydrogen) atoms. The van der Waals surface area contributed by atoms with Crippen LogP contribution in [0.1, 0.15) is 21.7 Å². The molecule has 0 aliphatic carbocycles. The first-order chi connectivity index (χ1) is 13.1. The van der Waals surface area contributed by atoms with Crippen LogP contribution >= 0.6 is 12.2 Å². The van der Waals surface area contributed by atoms with Gasteiger partial charge in [0.2, 0.25) is 0 Å². The monoisotopic (exact) mass is 380 g/mol. The molecule has 138 valence electrons. The van der Waals surface area contributed by atoms with Gasteiger partial charge in [-0.2, -0.15) is 0 Å². The van der Waals surface area contributed by atoms with Crippen molar-refractivity contribution in [1.29, 1.82) is 0 Å². The zero-order chi connectivity index (χ0) is 19.2. The Kier molecular flexibility index (Phi) is 5.83. The molecule has 0 spiro atoms. The summed E-state index contributed by atoms with van der Waals surface area (Å²) in [6.45, 7) is 2.56. The Morgan fingerprint density at radius 1 is 1.22 bits per heavy atom. The summed E-state index contributed by atoms with van der Waals surface area (Å²) in [6.07, 6.45) is 3.72. The lowest BCUT2D eigenvalue weighted by atomic mass is 10.2. The predicted octanol–water partition coefficient (Wildman–Crippen LogP) is 3.45. The van der Waals surface area contributed by atoms with Crippen molar-refractivity contribution >= 4 is 29.0 Å². The van der Waals surface area contributed by atoms with Gasteiger partial charge < -0.3 is 19.9 Å². The molecule has 3 rings (SSSR count). The van der Waals surface area contributed by atoms with E-state index in [2.05, 4.69) is 15.6 Å². The molecule has 0 amide bonds. The first-order valence-corrected chi connectivity index (χ1v) is 8.80. The van der Waals surface area contributed by atoms with E-state index in [4.69, 9.17) is 17.0 Å². The van der Waals surface area contributed by atoms with Crippen LogP contribution in [-0.2, 0) is 11.3 Å². The van der Waals surface area contributed by atoms with Crippen molar-refractivity contribution in [2.75, 3.05) is 12.4 Å². The number of imidazole rings is 1. The maximum atomic E-state index is 11.6. The minimum Gasteiger partial charge on any atom is -0.465 e. The van der Waals surface area contributed by atoms with E-state index < -0.39 is 0 Å². The van der Waals surface area contributed by atoms with Crippen LogP contribution in [0.15, 0.2) is 60.9 Å². The molecule has 0 saturated heterocycles. The smallest absolute Gasteiger partial charge is 0.337 e. The van der Waals surface area contributed by atoms with Gasteiger partial charge in [0.05, 0.1) is 12.7 Å². The van der Waals surface area contributed by atoms with Gasteiger partial charge in [-0.25, -0.2) is 9.78 Å². The number of methoxy groups -OCH3 is 1. The highest BCUT2D eigenvalue weighted by Crippen LogP contribution is 2.13. The van der Waals surface area contributed by atoms with E-state index in [-0.39, 0.29) is 5.97 Å². The molecular formula is C20H20N4O2S. The first kappa shape index (κ1) is 18.6. The fraction of sp³-hybridized carbons (Fsp3) is 0.150. The number of rotatable bonds is 5. The molecule has 0 radical (unpaired) electrons. The van der Waals surface area contributed by atoms with Crippen LogP contribution in [0.5, 0.6) is 0 Å². The SMILES string of the molecule is COC(=O)c1cccc(NC(=S)NCc2ccc(-n3ccnc3C)cc2)c1. The van der Waals surface area contributed by atoms with Crippen molar-refractivity contribution < 1.29 is 9.53 Å². The van der Waals surface area contributed by atoms with E-state index in [1.54, 1.807) is 24.4 Å². The highest BCUT2D eigenvalue weighted by atomic mass is 32.1. The van der Waals surface area contributed by atoms with Gasteiger partial charge in [-0.1, -0.05) is 18.2 Å². The second kappa shape index (κ2) is 8.46. The summed E-state index contributed by atoms with van der Waals surface area (Å²) in [5.41, 5.74) is 3.36. The average molecular weight is 380 g/mol. The van der Waals surface area contributed by atoms with E-state index >= 15 is 0 Å². The number of carbonyl (C=O) groups is 1. The quantitative estimate of drug-likeness (QED) is 0.522. The molecule has 0 aliphatic rings. The Morgan fingerprint density at radius 2 is 2.00 bits per heavy atom. The van der Waals surface area contributed by atoms with Gasteiger partial charge in [-0.3, -0.25) is 0 Å². The summed E-state index contributed by atoms with van der Waals surface area (Å²) in [7, 11) is 1.36. The number of ether oxygens (including phenoxy) is 1. The van der Waals surface area contributed by atoms with Gasteiger partial charge in [0.1, 0.15) is 5.82 Å². The van der Waals surface area contributed by atoms with Gasteiger partial charge in [-0.15, -0.1) is 0 Å². The van der Waals surface area contributed by atoms with E-state index in [0.717, 1.165) is 22.8 Å². The fourth-order valence-electron chi connectivity index (χ4n) is 2.62. The second-order valence-electron chi connectivity index (χ2n) is 5.89. The minimum absolute atomic E-state index is 0.384. The van der Waals surface area contributed by atoms with E-state index in [0.29, 0.717) is 17.2 Å². The third kappa shape index (κ3) is 4.71. The Morgan fingerprint density at radius 3 is 2.67 bits per heavy atom. The number of thiocarbonyl (C=S) groups is 1. The molecule has 1 aromatic heterocycles. The van der Waals surface area contributed by atoms with E-state index in [1.807, 2.05) is 48.0 Å². The normalized spacial score (nSPS) is 10.3. The largest absolute Gasteiger partial charge is 0.465 e. The standard InChI is InChI=1S/C20H20N4O2S/c1-14-21-10-11-24(14)18-8-6-15(7-9-18)13-22-20(27)23-17-5-3-4-16(12-17)19(25)26-2/h3-12H,13H2,1-2H3,(H2,22,23,27). The number of hydrogen-bond acceptors (Lipinski definition) is 4. The molecule has 2 N–H and O–H groups in total. The van der Waals surface area contributed by atoms with Crippen molar-refractivity contribution in [3.05, 3.63) is 77.9 Å². The molecule has 0 saturated carbocycles. The summed E-state index contributed by atoms with van der Waals surface area (Å²) >= 11 is 5.33. The first-order valence-electron chi connectivity index (χ1n) is 8.39. The van der Waals surface area contributed by atoms with Crippen LogP contribution in [0, 0.1) is 6.92 Å². The average Bonchev–Trinajstić information content (AvgIpc) is 3.12. The summed E-state index contributed by atoms with van der Waals surface area (Å²) in [5, 5.41) is 6.71. The number of nitrogens with zero attached hydrogens (tertiary/aromatic N) is 2. The van der Waals surface area contributed by atoms with Crippen LogP contribution in [-0.4, -0.2) is 27.7 Å². The third-order valence-corrected chi connectivity index (χ3v) is 4.28. The van der Waals surface area contributed by atoms with Crippen molar-refractivity contribution in [2.45, 2.75) is 13.5 Å². The van der Waals surface area contributed by atoms with Gasteiger partial charge in [-0.05, 0) is 55.0 Å². The van der Waals surface area contributed by atoms with Crippen molar-refractivity contribution in [3.8, 4) is 5.69 Å². The lowest BCUT2D eigenvalue weighted by molar-refractivity contribution is 0.0601. The Hall–Kier alpha value is -3.19. The molecule has 0 fully saturated rings. The number of carbonyl (C=O) groups excluding carboxylic acids is 1. The zero-order valence-corrected chi connectivity index (χ0v) is 15.9. The van der Waals surface area contributed by atoms with Crippen LogP contribution in [0.25, 0.3) is 5.69 Å². The lowest BCUT2D eigenvalue weighted by Crippen LogP contribution is -2.27. The Balaban J connectivity index is 1.56. The van der Waals surface area contributed by atoms with Crippen LogP contribution in [0.4, 0.5) is 5.69 Å². The number of aryl methyl sites for hydroxylation is 1. The number of benzene rings is 2. The molecule has 2 aromatic carbocycles. The van der Waals surface area contributed by atoms with Gasteiger partial charge >= 0.3 is 5.97 Å². The topological polar surface area (TPSA) is 68.2 Å². The number of anilines is 1. The van der Waals surface area contributed by atoms with Crippen molar-refractivity contribution in [1.82, 2.24) is 14.9 Å². The van der Waals surface area contributed by atoms with E-state index in [9.17, 15) is 4.79 Å². The van der Waals surface area contributed by atoms with Gasteiger partial charge in [0.15, 0.2) is 5.11 Å². The number of hydrogen-bond donors (Lipinski definition) is 2. The summed E-state index contributed by atoms with van der Waals surface area (Å²) in [5.74, 6) is 0.561. The highest BCUT2D eigenvalue weighted by Gasteiger charge is 2.06. The molecule has 1 heterocycles. The summed E-state index contributed by atoms with van der Waals surface area (Å²) < 4.78 is 6.75. The molecule has 6 nitrogen and oxygen atoms in total. The van der Waals surface area contributed by atoms with Crippen LogP contribution in [0.3, 0.4) is 0 Å². The Labute approximate surface area is 163 Å². The minimum atomic E-state index is -0.384. The maximum Gasteiger partial charge on any atom is 0.337 e. The number of nitrogens with one attached hydrogen (secondary N) is 2. The fourth-order valence-corrected chi connectivity index (χ4v) is 2.81. The number of aromatic nitrogens is 2. The third-order valence-electron chi connectivity index (χ3n) is 4.03. The van der Waals surface area contributed by atoms with Crippen molar-refractivity contribution in [2.24, 2.45) is 0 Å². The van der Waals surface area contributed by atoms with Crippen LogP contribution < -0.4 is 10.6 Å². The predicted molar refractivity (Wildman–Crippen MR) is 109 cm³/mol. The molecular weight excluding hydrogens is 360 g/mol. The van der Waals surface area contributed by atoms with E-state index in [1.165, 1.54) is 7.11 Å². The molecule has 0 atom stereocenters. The summed E-state index contributed by atoms with van der Waals surface area (Å²) in [4.78, 5) is 15.8. The van der Waals surface area contributed by atoms with Crippen molar-refractivity contribution in [3.63, 3.8) is 0 Å². The molecule has 7 heteroatoms. The lowest BCUT2D eigenvalue weighted by Gasteiger charge is -2.12. The second-order valence-corrected chi connectivity index (χ2v) is 6.30. The highest BCUT2D eigenvalue weighted by molar-refractivity contribution is 7.80. The molecule has 0 bridgehead atoms. The molecule has 3 aromatic rings. The summed E-state index contributed by atoms with van der Waals surface area (Å²) in [6, 6.07) is 15.2. The Bertz CT molecular complexity index is 951. The van der Waals surface area contributed by atoms with Gasteiger partial charge in [0.25, 0.3) is 0 Å².